The number of methoxy groups -OCH3 is 1. The third kappa shape index (κ3) is 27.8. The number of nitrogens with one attached hydrogen (secondary N) is 13. The highest BCUT2D eigenvalue weighted by molar-refractivity contribution is 6.02. The Morgan fingerprint density at radius 2 is 1.22 bits per heavy atom. The molecule has 42 heteroatoms. The summed E-state index contributed by atoms with van der Waals surface area (Å²) in [7, 11) is 3.16. The summed E-state index contributed by atoms with van der Waals surface area (Å²) < 4.78 is 10.7. The van der Waals surface area contributed by atoms with E-state index < -0.39 is 249 Å². The molecule has 14 amide bonds. The molecule has 574 valence electrons. The molecule has 0 bridgehead atoms. The van der Waals surface area contributed by atoms with Crippen molar-refractivity contribution >= 4 is 123 Å². The summed E-state index contributed by atoms with van der Waals surface area (Å²) in [5.41, 5.74) is 17.9. The van der Waals surface area contributed by atoms with E-state index in [9.17, 15) is 112 Å². The van der Waals surface area contributed by atoms with Crippen molar-refractivity contribution in [1.82, 2.24) is 73.7 Å². The third-order valence-electron chi connectivity index (χ3n) is 16.2. The highest BCUT2D eigenvalue weighted by Crippen LogP contribution is 2.20. The number of likely N-dealkylation sites (N-methyl/N-ethyl adjacent to an activating group) is 2. The van der Waals surface area contributed by atoms with Crippen LogP contribution in [0.2, 0.25) is 0 Å². The zero-order valence-corrected chi connectivity index (χ0v) is 57.9. The van der Waals surface area contributed by atoms with Crippen LogP contribution in [-0.4, -0.2) is 262 Å². The molecule has 0 radical (unpaired) electrons. The summed E-state index contributed by atoms with van der Waals surface area (Å²) in [5, 5.41) is 67.1. The molecule has 1 aromatic heterocycles. The van der Waals surface area contributed by atoms with Crippen LogP contribution in [0.4, 0.5) is 0 Å². The second-order valence-electron chi connectivity index (χ2n) is 24.3. The van der Waals surface area contributed by atoms with Gasteiger partial charge in [-0.25, -0.2) is 9.59 Å². The number of hydrogen-bond donors (Lipinski definition) is 20. The molecular weight excluding hydrogens is 1380 g/mol. The van der Waals surface area contributed by atoms with Gasteiger partial charge in [-0.3, -0.25) is 81.5 Å². The van der Waals surface area contributed by atoms with Crippen LogP contribution >= 0.6 is 0 Å². The van der Waals surface area contributed by atoms with E-state index in [-0.39, 0.29) is 38.6 Å². The van der Waals surface area contributed by atoms with Crippen LogP contribution in [0.5, 0.6) is 0 Å². The number of aliphatic carboxylic acids is 4. The van der Waals surface area contributed by atoms with Gasteiger partial charge in [0.1, 0.15) is 66.5 Å². The topological polar surface area (TPSA) is 665 Å². The zero-order valence-electron chi connectivity index (χ0n) is 57.9. The first kappa shape index (κ1) is 86.8. The zero-order chi connectivity index (χ0) is 78.4. The molecule has 23 N–H and O–H groups in total. The highest BCUT2D eigenvalue weighted by atomic mass is 16.5. The average Bonchev–Trinajstić information content (AvgIpc) is 1.51. The van der Waals surface area contributed by atoms with Crippen LogP contribution in [0.15, 0.2) is 30.5 Å². The number of ether oxygens (including phenoxy) is 2. The number of carboxylic acids is 4. The Balaban J connectivity index is 2.24. The number of unbranched alkanes of at least 4 members (excludes halogenated alkanes) is 1. The molecule has 14 unspecified atom stereocenters. The Kier molecular flexibility index (Phi) is 35.1. The monoisotopic (exact) mass is 1470 g/mol. The van der Waals surface area contributed by atoms with E-state index >= 15 is 0 Å². The first-order chi connectivity index (χ1) is 48.9. The summed E-state index contributed by atoms with van der Waals surface area (Å²) in [6.45, 7) is 2.64. The van der Waals surface area contributed by atoms with Crippen LogP contribution < -0.4 is 81.0 Å². The Bertz CT molecular complexity index is 3510. The SMILES string of the molecule is CCC(C)C1NC(=O)C(CCC(=O)O)NC(=O)C(CC(N)=O)NC(=O)CNC(=O)C(C(OC)C(=O)O)NC(=O)C(CCCCN)NC(=O)C(CC(=O)O)NC(=O)C(C)NC(=O)CN(C)C(=O)C(NC(=O)C(CC(=O)O)NC(=O)C(CC(N)=O)NC(=O)C(Cc2c[nH]c3ccccc23)NC)C(C)OC1=O. The van der Waals surface area contributed by atoms with Gasteiger partial charge in [0.2, 0.25) is 82.7 Å². The van der Waals surface area contributed by atoms with Gasteiger partial charge < -0.3 is 121 Å². The smallest absolute Gasteiger partial charge is 0.335 e. The molecule has 0 aliphatic carbocycles. The van der Waals surface area contributed by atoms with E-state index in [1.807, 2.05) is 5.32 Å². The minimum Gasteiger partial charge on any atom is -0.481 e. The predicted molar refractivity (Wildman–Crippen MR) is 356 cm³/mol. The fraction of sp³-hybridized carbons (Fsp3) is 0.565. The number of amides is 14. The van der Waals surface area contributed by atoms with Gasteiger partial charge in [0.25, 0.3) is 0 Å². The minimum absolute atomic E-state index is 0.00339. The van der Waals surface area contributed by atoms with E-state index in [0.717, 1.165) is 38.9 Å². The maximum atomic E-state index is 14.8. The van der Waals surface area contributed by atoms with Crippen LogP contribution in [-0.2, 0) is 107 Å². The van der Waals surface area contributed by atoms with E-state index in [0.29, 0.717) is 10.5 Å². The standard InChI is InChI=1S/C62H91N17O25/c1-8-27(2)47-62(102)104-29(4)48(77-58(97)39(23-46(88)89)75-56(95)37(21-41(65)81)74-54(93)35(66-5)19-30-24-67-32-14-10-9-13-31(30)32)60(99)79(6)26-43(83)69-28(3)51(90)73-38(22-45(86)87)57(96)71-33(15-11-12-18-63)52(91)78-49(50(103-7)61(100)101)59(98)68-25-42(82)70-36(20-40(64)80)55(94)72-34(53(92)76-47)16-17-44(84)85/h9-10,13-14,24,27-29,33-39,47-50,66-67H,8,11-12,15-23,25-26,63H2,1-7H3,(H2,64,80)(H2,65,81)(H,68,98)(H,69,83)(H,70,82)(H,71,96)(H,72,94)(H,73,90)(H,74,93)(H,75,95)(H,76,92)(H,77,97)(H,78,91)(H,84,85)(H,86,87)(H,88,89)(H,100,101). The molecule has 42 nitrogen and oxygen atoms in total. The van der Waals surface area contributed by atoms with Gasteiger partial charge in [-0.2, -0.15) is 0 Å². The number of primary amides is 2. The Hall–Kier alpha value is -11.4. The summed E-state index contributed by atoms with van der Waals surface area (Å²) in [5.74, 6) is -27.7. The van der Waals surface area contributed by atoms with E-state index in [1.165, 1.54) is 20.9 Å². The molecule has 1 aromatic carbocycles. The summed E-state index contributed by atoms with van der Waals surface area (Å²) in [6.07, 6.45) is -8.93. The number of H-pyrrole nitrogens is 1. The number of carbonyl (C=O) groups excluding carboxylic acids is 15. The molecule has 1 aliphatic rings. The molecule has 1 aliphatic heterocycles. The van der Waals surface area contributed by atoms with Gasteiger partial charge in [-0.05, 0) is 77.1 Å². The van der Waals surface area contributed by atoms with Gasteiger partial charge in [0, 0.05) is 37.7 Å². The number of nitrogens with two attached hydrogens (primary N) is 3. The summed E-state index contributed by atoms with van der Waals surface area (Å²) in [4.78, 5) is 260. The molecule has 3 rings (SSSR count). The number of nitrogens with zero attached hydrogens (tertiary/aromatic N) is 1. The van der Waals surface area contributed by atoms with Crippen molar-refractivity contribution in [1.29, 1.82) is 0 Å². The lowest BCUT2D eigenvalue weighted by atomic mass is 9.98. The van der Waals surface area contributed by atoms with Crippen molar-refractivity contribution in [2.24, 2.45) is 23.1 Å². The number of esters is 1. The van der Waals surface area contributed by atoms with Gasteiger partial charge >= 0.3 is 29.8 Å². The van der Waals surface area contributed by atoms with Crippen molar-refractivity contribution in [3.8, 4) is 0 Å². The lowest BCUT2D eigenvalue weighted by Crippen LogP contribution is -2.62. The molecule has 0 saturated carbocycles. The molecule has 2 aromatic rings. The van der Waals surface area contributed by atoms with Crippen molar-refractivity contribution < 1.29 is 121 Å². The molecular formula is C62H91N17O25. The number of cyclic esters (lactones) is 1. The second kappa shape index (κ2) is 42.1. The van der Waals surface area contributed by atoms with Crippen LogP contribution in [0.3, 0.4) is 0 Å². The number of benzene rings is 1. The Morgan fingerprint density at radius 1 is 0.654 bits per heavy atom. The minimum atomic E-state index is -2.29. The molecule has 2 heterocycles. The van der Waals surface area contributed by atoms with Crippen molar-refractivity contribution in [3.05, 3.63) is 36.0 Å². The van der Waals surface area contributed by atoms with Gasteiger partial charge in [-0.1, -0.05) is 38.5 Å². The van der Waals surface area contributed by atoms with Gasteiger partial charge in [0.15, 0.2) is 6.10 Å². The number of aromatic amines is 1. The third-order valence-corrected chi connectivity index (χ3v) is 16.2. The molecule has 1 saturated heterocycles. The van der Waals surface area contributed by atoms with E-state index in [1.54, 1.807) is 30.5 Å². The Labute approximate surface area is 593 Å². The van der Waals surface area contributed by atoms with Crippen molar-refractivity contribution in [2.75, 3.05) is 40.8 Å². The quantitative estimate of drug-likeness (QED) is 0.0266. The van der Waals surface area contributed by atoms with Crippen LogP contribution in [0, 0.1) is 5.92 Å². The number of rotatable bonds is 29. The number of fused-ring (bicyclic) bond motifs is 1. The van der Waals surface area contributed by atoms with Gasteiger partial charge in [-0.15, -0.1) is 0 Å². The molecule has 14 atom stereocenters. The normalized spacial score (nSPS) is 22.7. The number of carboxylic acid groups (broad SMARTS) is 4. The number of para-hydroxylation sites is 1. The average molecular weight is 1470 g/mol. The fourth-order valence-electron chi connectivity index (χ4n) is 10.3. The summed E-state index contributed by atoms with van der Waals surface area (Å²) >= 11 is 0. The van der Waals surface area contributed by atoms with Crippen molar-refractivity contribution in [3.63, 3.8) is 0 Å². The fourth-order valence-corrected chi connectivity index (χ4v) is 10.3. The first-order valence-corrected chi connectivity index (χ1v) is 32.5. The Morgan fingerprint density at radius 3 is 1.77 bits per heavy atom. The first-order valence-electron chi connectivity index (χ1n) is 32.5. The number of aromatic nitrogens is 1. The highest BCUT2D eigenvalue weighted by Gasteiger charge is 2.42. The lowest BCUT2D eigenvalue weighted by Gasteiger charge is -2.32. The predicted octanol–water partition coefficient (Wildman–Crippen LogP) is -8.47. The maximum absolute atomic E-state index is 14.8. The van der Waals surface area contributed by atoms with Gasteiger partial charge in [0.05, 0.1) is 44.8 Å². The van der Waals surface area contributed by atoms with Crippen molar-refractivity contribution in [2.45, 2.75) is 177 Å². The van der Waals surface area contributed by atoms with Crippen LogP contribution in [0.25, 0.3) is 10.9 Å². The lowest BCUT2D eigenvalue weighted by molar-refractivity contribution is -0.159. The van der Waals surface area contributed by atoms with Crippen LogP contribution in [0.1, 0.15) is 97.5 Å². The second-order valence-corrected chi connectivity index (χ2v) is 24.3. The molecule has 104 heavy (non-hydrogen) atoms. The van der Waals surface area contributed by atoms with E-state index in [4.69, 9.17) is 26.7 Å². The van der Waals surface area contributed by atoms with E-state index in [2.05, 4.69) is 63.5 Å². The summed E-state index contributed by atoms with van der Waals surface area (Å²) in [6, 6.07) is -14.3. The maximum Gasteiger partial charge on any atom is 0.335 e. The molecule has 1 fully saturated rings. The molecule has 0 spiro atoms. The number of hydrogen-bond acceptors (Lipinski definition) is 23. The number of carbonyl (C=O) groups is 19. The largest absolute Gasteiger partial charge is 0.481 e.